The van der Waals surface area contributed by atoms with E-state index in [1.165, 1.54) is 11.1 Å². The molecule has 0 fully saturated rings. The smallest absolute Gasteiger partial charge is 0.227 e. The summed E-state index contributed by atoms with van der Waals surface area (Å²) < 4.78 is 5.14. The van der Waals surface area contributed by atoms with E-state index in [9.17, 15) is 4.79 Å². The molecule has 1 aromatic rings. The maximum Gasteiger partial charge on any atom is 0.227 e. The van der Waals surface area contributed by atoms with Crippen molar-refractivity contribution in [3.63, 3.8) is 0 Å². The van der Waals surface area contributed by atoms with Gasteiger partial charge in [-0.3, -0.25) is 4.79 Å². The first-order valence-corrected chi connectivity index (χ1v) is 6.61. The molecule has 0 aromatic heterocycles. The average Bonchev–Trinajstić information content (AvgIpc) is 2.42. The molecule has 3 heteroatoms. The molecule has 0 saturated heterocycles. The number of nitrogens with zero attached hydrogens (tertiary/aromatic N) is 1. The quantitative estimate of drug-likeness (QED) is 0.780. The van der Waals surface area contributed by atoms with Gasteiger partial charge >= 0.3 is 0 Å². The molecule has 0 radical (unpaired) electrons. The predicted molar refractivity (Wildman–Crippen MR) is 76.0 cm³/mol. The van der Waals surface area contributed by atoms with Crippen LogP contribution in [-0.2, 0) is 11.3 Å². The predicted octanol–water partition coefficient (Wildman–Crippen LogP) is 3.15. The molecule has 3 nitrogen and oxygen atoms in total. The van der Waals surface area contributed by atoms with Crippen molar-refractivity contribution in [2.75, 3.05) is 7.11 Å². The lowest BCUT2D eigenvalue weighted by molar-refractivity contribution is -0.133. The Morgan fingerprint density at radius 3 is 2.47 bits per heavy atom. The third-order valence-electron chi connectivity index (χ3n) is 4.02. The SMILES string of the molecule is COc1ccc(CN2C(=O)CC(C)=C(C)C2C)cc1. The molecule has 1 aliphatic heterocycles. The van der Waals surface area contributed by atoms with Gasteiger partial charge in [0.25, 0.3) is 0 Å². The number of carbonyl (C=O) groups excluding carboxylic acids is 1. The van der Waals surface area contributed by atoms with Gasteiger partial charge in [-0.25, -0.2) is 0 Å². The maximum absolute atomic E-state index is 12.2. The first kappa shape index (κ1) is 13.7. The number of amides is 1. The van der Waals surface area contributed by atoms with Gasteiger partial charge in [-0.15, -0.1) is 0 Å². The molecule has 102 valence electrons. The van der Waals surface area contributed by atoms with E-state index in [1.54, 1.807) is 7.11 Å². The second-order valence-corrected chi connectivity index (χ2v) is 5.19. The number of carbonyl (C=O) groups is 1. The van der Waals surface area contributed by atoms with Crippen molar-refractivity contribution in [2.45, 2.75) is 39.8 Å². The molecule has 1 unspecified atom stereocenters. The fraction of sp³-hybridized carbons (Fsp3) is 0.438. The Balaban J connectivity index is 2.16. The van der Waals surface area contributed by atoms with E-state index < -0.39 is 0 Å². The lowest BCUT2D eigenvalue weighted by Crippen LogP contribution is -2.42. The molecule has 1 aromatic carbocycles. The van der Waals surface area contributed by atoms with Crippen LogP contribution in [0.15, 0.2) is 35.4 Å². The molecule has 2 rings (SSSR count). The van der Waals surface area contributed by atoms with Crippen LogP contribution in [0.3, 0.4) is 0 Å². The lowest BCUT2D eigenvalue weighted by atomic mass is 9.95. The fourth-order valence-corrected chi connectivity index (χ4v) is 2.43. The Bertz CT molecular complexity index is 502. The van der Waals surface area contributed by atoms with E-state index in [-0.39, 0.29) is 11.9 Å². The molecule has 1 aliphatic rings. The third-order valence-corrected chi connectivity index (χ3v) is 4.02. The molecule has 0 bridgehead atoms. The summed E-state index contributed by atoms with van der Waals surface area (Å²) in [6.45, 7) is 6.93. The van der Waals surface area contributed by atoms with E-state index >= 15 is 0 Å². The number of hydrogen-bond acceptors (Lipinski definition) is 2. The Kier molecular flexibility index (Phi) is 3.93. The molecule has 0 spiro atoms. The van der Waals surface area contributed by atoms with Crippen LogP contribution in [-0.4, -0.2) is 24.0 Å². The molecule has 1 atom stereocenters. The van der Waals surface area contributed by atoms with Gasteiger partial charge < -0.3 is 9.64 Å². The second-order valence-electron chi connectivity index (χ2n) is 5.19. The Morgan fingerprint density at radius 2 is 1.89 bits per heavy atom. The zero-order valence-electron chi connectivity index (χ0n) is 12.1. The van der Waals surface area contributed by atoms with Crippen molar-refractivity contribution >= 4 is 5.91 Å². The summed E-state index contributed by atoms with van der Waals surface area (Å²) in [5, 5.41) is 0. The van der Waals surface area contributed by atoms with Crippen LogP contribution in [0.25, 0.3) is 0 Å². The minimum Gasteiger partial charge on any atom is -0.497 e. The highest BCUT2D eigenvalue weighted by Crippen LogP contribution is 2.26. The van der Waals surface area contributed by atoms with Crippen LogP contribution in [0.2, 0.25) is 0 Å². The first-order valence-electron chi connectivity index (χ1n) is 6.61. The summed E-state index contributed by atoms with van der Waals surface area (Å²) in [6.07, 6.45) is 0.548. The maximum atomic E-state index is 12.2. The van der Waals surface area contributed by atoms with Gasteiger partial charge in [0.05, 0.1) is 13.2 Å². The van der Waals surface area contributed by atoms with Crippen molar-refractivity contribution in [3.8, 4) is 5.75 Å². The standard InChI is InChI=1S/C16H21NO2/c1-11-9-16(18)17(13(3)12(11)2)10-14-5-7-15(19-4)8-6-14/h5-8,13H,9-10H2,1-4H3. The van der Waals surface area contributed by atoms with E-state index in [0.29, 0.717) is 13.0 Å². The van der Waals surface area contributed by atoms with Crippen molar-refractivity contribution in [1.29, 1.82) is 0 Å². The molecule has 1 heterocycles. The van der Waals surface area contributed by atoms with Crippen molar-refractivity contribution in [1.82, 2.24) is 4.90 Å². The minimum absolute atomic E-state index is 0.184. The van der Waals surface area contributed by atoms with Gasteiger partial charge in [0.1, 0.15) is 5.75 Å². The Morgan fingerprint density at radius 1 is 1.26 bits per heavy atom. The second kappa shape index (κ2) is 5.47. The van der Waals surface area contributed by atoms with Gasteiger partial charge in [0, 0.05) is 13.0 Å². The molecule has 19 heavy (non-hydrogen) atoms. The zero-order valence-corrected chi connectivity index (χ0v) is 12.1. The number of hydrogen-bond donors (Lipinski definition) is 0. The molecular weight excluding hydrogens is 238 g/mol. The minimum atomic E-state index is 0.184. The average molecular weight is 259 g/mol. The molecule has 1 amide bonds. The summed E-state index contributed by atoms with van der Waals surface area (Å²) in [5.74, 6) is 1.06. The van der Waals surface area contributed by atoms with Crippen LogP contribution in [0.4, 0.5) is 0 Å². The highest BCUT2D eigenvalue weighted by molar-refractivity contribution is 5.81. The number of benzene rings is 1. The van der Waals surface area contributed by atoms with Crippen LogP contribution in [0, 0.1) is 0 Å². The van der Waals surface area contributed by atoms with Crippen LogP contribution >= 0.6 is 0 Å². The van der Waals surface area contributed by atoms with Gasteiger partial charge in [0.2, 0.25) is 5.91 Å². The Hall–Kier alpha value is -1.77. The third kappa shape index (κ3) is 2.80. The lowest BCUT2D eigenvalue weighted by Gasteiger charge is -2.35. The van der Waals surface area contributed by atoms with Crippen LogP contribution in [0.1, 0.15) is 32.8 Å². The van der Waals surface area contributed by atoms with Gasteiger partial charge in [-0.2, -0.15) is 0 Å². The number of ether oxygens (including phenoxy) is 1. The summed E-state index contributed by atoms with van der Waals surface area (Å²) in [4.78, 5) is 14.1. The number of methoxy groups -OCH3 is 1. The highest BCUT2D eigenvalue weighted by atomic mass is 16.5. The van der Waals surface area contributed by atoms with Crippen LogP contribution in [0.5, 0.6) is 5.75 Å². The normalized spacial score (nSPS) is 19.9. The highest BCUT2D eigenvalue weighted by Gasteiger charge is 2.27. The molecule has 0 saturated carbocycles. The summed E-state index contributed by atoms with van der Waals surface area (Å²) >= 11 is 0. The zero-order chi connectivity index (χ0) is 14.0. The van der Waals surface area contributed by atoms with Crippen molar-refractivity contribution < 1.29 is 9.53 Å². The van der Waals surface area contributed by atoms with E-state index in [1.807, 2.05) is 29.2 Å². The largest absolute Gasteiger partial charge is 0.497 e. The first-order chi connectivity index (χ1) is 9.02. The molecule has 0 aliphatic carbocycles. The van der Waals surface area contributed by atoms with Gasteiger partial charge in [-0.1, -0.05) is 23.3 Å². The monoisotopic (exact) mass is 259 g/mol. The van der Waals surface area contributed by atoms with E-state index in [4.69, 9.17) is 4.74 Å². The van der Waals surface area contributed by atoms with Crippen LogP contribution < -0.4 is 4.74 Å². The number of rotatable bonds is 3. The van der Waals surface area contributed by atoms with Gasteiger partial charge in [0.15, 0.2) is 0 Å². The molecular formula is C16H21NO2. The summed E-state index contributed by atoms with van der Waals surface area (Å²) in [6, 6.07) is 8.08. The fourth-order valence-electron chi connectivity index (χ4n) is 2.43. The van der Waals surface area contributed by atoms with Crippen molar-refractivity contribution in [2.24, 2.45) is 0 Å². The van der Waals surface area contributed by atoms with Crippen molar-refractivity contribution in [3.05, 3.63) is 41.0 Å². The van der Waals surface area contributed by atoms with Gasteiger partial charge in [-0.05, 0) is 38.5 Å². The topological polar surface area (TPSA) is 29.5 Å². The Labute approximate surface area is 114 Å². The summed E-state index contributed by atoms with van der Waals surface area (Å²) in [5.41, 5.74) is 3.66. The van der Waals surface area contributed by atoms with E-state index in [2.05, 4.69) is 20.8 Å². The van der Waals surface area contributed by atoms with E-state index in [0.717, 1.165) is 11.3 Å². The summed E-state index contributed by atoms with van der Waals surface area (Å²) in [7, 11) is 1.65. The molecule has 0 N–H and O–H groups in total.